The summed E-state index contributed by atoms with van der Waals surface area (Å²) in [6.45, 7) is 0. The van der Waals surface area contributed by atoms with Gasteiger partial charge in [0.15, 0.2) is 0 Å². The normalized spacial score (nSPS) is 10.8. The molecule has 0 aliphatic heterocycles. The van der Waals surface area contributed by atoms with Gasteiger partial charge in [-0.3, -0.25) is 0 Å². The van der Waals surface area contributed by atoms with Gasteiger partial charge in [0, 0.05) is 34.5 Å². The number of rotatable bonds is 3. The minimum absolute atomic E-state index is 0.269. The fourth-order valence-electron chi connectivity index (χ4n) is 2.56. The SMILES string of the molecule is Fc1cccc2[nH]cc(-c3ccnc(Nc4ccccc4)n3)c12. The lowest BCUT2D eigenvalue weighted by molar-refractivity contribution is 0.640. The number of nitrogens with zero attached hydrogens (tertiary/aromatic N) is 2. The molecule has 0 aliphatic carbocycles. The summed E-state index contributed by atoms with van der Waals surface area (Å²) in [5.41, 5.74) is 3.03. The van der Waals surface area contributed by atoms with Gasteiger partial charge in [-0.15, -0.1) is 0 Å². The molecule has 112 valence electrons. The van der Waals surface area contributed by atoms with Crippen LogP contribution >= 0.6 is 0 Å². The summed E-state index contributed by atoms with van der Waals surface area (Å²) >= 11 is 0. The lowest BCUT2D eigenvalue weighted by Crippen LogP contribution is -1.97. The van der Waals surface area contributed by atoms with Gasteiger partial charge in [-0.1, -0.05) is 24.3 Å². The van der Waals surface area contributed by atoms with Crippen molar-refractivity contribution in [3.8, 4) is 11.3 Å². The van der Waals surface area contributed by atoms with Gasteiger partial charge >= 0.3 is 0 Å². The monoisotopic (exact) mass is 304 g/mol. The standard InChI is InChI=1S/C18H13FN4/c19-14-7-4-8-16-17(14)13(11-21-16)15-9-10-20-18(23-15)22-12-5-2-1-3-6-12/h1-11,21H,(H,20,22,23). The Hall–Kier alpha value is -3.21. The van der Waals surface area contributed by atoms with Gasteiger partial charge in [-0.05, 0) is 30.3 Å². The quantitative estimate of drug-likeness (QED) is 0.585. The van der Waals surface area contributed by atoms with E-state index in [-0.39, 0.29) is 5.82 Å². The van der Waals surface area contributed by atoms with Gasteiger partial charge in [-0.25, -0.2) is 14.4 Å². The van der Waals surface area contributed by atoms with Gasteiger partial charge in [0.25, 0.3) is 0 Å². The Morgan fingerprint density at radius 3 is 2.70 bits per heavy atom. The van der Waals surface area contributed by atoms with E-state index in [0.717, 1.165) is 16.8 Å². The number of H-pyrrole nitrogens is 1. The van der Waals surface area contributed by atoms with Crippen molar-refractivity contribution in [1.29, 1.82) is 0 Å². The van der Waals surface area contributed by atoms with E-state index in [1.807, 2.05) is 36.4 Å². The number of hydrogen-bond acceptors (Lipinski definition) is 3. The van der Waals surface area contributed by atoms with E-state index in [1.165, 1.54) is 6.07 Å². The zero-order chi connectivity index (χ0) is 15.6. The van der Waals surface area contributed by atoms with E-state index < -0.39 is 0 Å². The van der Waals surface area contributed by atoms with Crippen LogP contribution in [0.1, 0.15) is 0 Å². The average molecular weight is 304 g/mol. The van der Waals surface area contributed by atoms with Gasteiger partial charge in [0.1, 0.15) is 5.82 Å². The van der Waals surface area contributed by atoms with E-state index in [1.54, 1.807) is 24.5 Å². The summed E-state index contributed by atoms with van der Waals surface area (Å²) in [6, 6.07) is 16.4. The van der Waals surface area contributed by atoms with E-state index in [0.29, 0.717) is 17.0 Å². The summed E-state index contributed by atoms with van der Waals surface area (Å²) in [7, 11) is 0. The van der Waals surface area contributed by atoms with Gasteiger partial charge in [0.05, 0.1) is 5.69 Å². The molecule has 0 radical (unpaired) electrons. The predicted molar refractivity (Wildman–Crippen MR) is 89.0 cm³/mol. The molecule has 2 heterocycles. The Labute approximate surface area is 132 Å². The molecule has 0 spiro atoms. The highest BCUT2D eigenvalue weighted by Gasteiger charge is 2.12. The third-order valence-electron chi connectivity index (χ3n) is 3.62. The number of benzene rings is 2. The summed E-state index contributed by atoms with van der Waals surface area (Å²) in [5, 5.41) is 3.68. The van der Waals surface area contributed by atoms with Crippen molar-refractivity contribution in [1.82, 2.24) is 15.0 Å². The van der Waals surface area contributed by atoms with Crippen molar-refractivity contribution in [3.05, 3.63) is 72.8 Å². The van der Waals surface area contributed by atoms with E-state index in [4.69, 9.17) is 0 Å². The first-order valence-electron chi connectivity index (χ1n) is 7.22. The van der Waals surface area contributed by atoms with Crippen molar-refractivity contribution in [3.63, 3.8) is 0 Å². The Bertz CT molecular complexity index is 963. The van der Waals surface area contributed by atoms with E-state index in [9.17, 15) is 4.39 Å². The summed E-state index contributed by atoms with van der Waals surface area (Å²) in [4.78, 5) is 11.8. The number of halogens is 1. The molecule has 4 nitrogen and oxygen atoms in total. The fourth-order valence-corrected chi connectivity index (χ4v) is 2.56. The van der Waals surface area contributed by atoms with Crippen LogP contribution in [0.5, 0.6) is 0 Å². The smallest absolute Gasteiger partial charge is 0.227 e. The number of fused-ring (bicyclic) bond motifs is 1. The second-order valence-corrected chi connectivity index (χ2v) is 5.12. The fraction of sp³-hybridized carbons (Fsp3) is 0. The minimum Gasteiger partial charge on any atom is -0.360 e. The second-order valence-electron chi connectivity index (χ2n) is 5.12. The Morgan fingerprint density at radius 1 is 0.957 bits per heavy atom. The molecule has 4 aromatic rings. The maximum atomic E-state index is 14.1. The first-order chi connectivity index (χ1) is 11.3. The number of para-hydroxylation sites is 1. The molecule has 2 aromatic heterocycles. The van der Waals surface area contributed by atoms with Gasteiger partial charge in [0.2, 0.25) is 5.95 Å². The second kappa shape index (κ2) is 5.53. The van der Waals surface area contributed by atoms with Crippen LogP contribution in [0.3, 0.4) is 0 Å². The molecule has 2 aromatic carbocycles. The molecule has 4 rings (SSSR count). The molecule has 0 saturated heterocycles. The van der Waals surface area contributed by atoms with Crippen molar-refractivity contribution in [2.45, 2.75) is 0 Å². The maximum absolute atomic E-state index is 14.1. The van der Waals surface area contributed by atoms with Gasteiger partial charge < -0.3 is 10.3 Å². The van der Waals surface area contributed by atoms with E-state index >= 15 is 0 Å². The van der Waals surface area contributed by atoms with Crippen molar-refractivity contribution in [2.24, 2.45) is 0 Å². The number of anilines is 2. The predicted octanol–water partition coefficient (Wildman–Crippen LogP) is 4.51. The molecular weight excluding hydrogens is 291 g/mol. The number of nitrogens with one attached hydrogen (secondary N) is 2. The highest BCUT2D eigenvalue weighted by Crippen LogP contribution is 2.29. The maximum Gasteiger partial charge on any atom is 0.227 e. The summed E-state index contributed by atoms with van der Waals surface area (Å²) in [6.07, 6.45) is 3.43. The molecular formula is C18H13FN4. The Balaban J connectivity index is 1.76. The molecule has 0 saturated carbocycles. The lowest BCUT2D eigenvalue weighted by Gasteiger charge is -2.06. The Kier molecular flexibility index (Phi) is 3.24. The largest absolute Gasteiger partial charge is 0.360 e. The molecule has 0 fully saturated rings. The van der Waals surface area contributed by atoms with Crippen molar-refractivity contribution in [2.75, 3.05) is 5.32 Å². The van der Waals surface area contributed by atoms with Crippen molar-refractivity contribution >= 4 is 22.5 Å². The molecule has 0 atom stereocenters. The average Bonchev–Trinajstić information content (AvgIpc) is 3.02. The summed E-state index contributed by atoms with van der Waals surface area (Å²) in [5.74, 6) is 0.203. The van der Waals surface area contributed by atoms with Crippen LogP contribution in [-0.2, 0) is 0 Å². The van der Waals surface area contributed by atoms with Crippen LogP contribution < -0.4 is 5.32 Å². The zero-order valence-electron chi connectivity index (χ0n) is 12.1. The first-order valence-corrected chi connectivity index (χ1v) is 7.22. The highest BCUT2D eigenvalue weighted by atomic mass is 19.1. The third kappa shape index (κ3) is 2.53. The summed E-state index contributed by atoms with van der Waals surface area (Å²) < 4.78 is 14.1. The van der Waals surface area contributed by atoms with Crippen LogP contribution in [0.4, 0.5) is 16.0 Å². The first kappa shape index (κ1) is 13.5. The van der Waals surface area contributed by atoms with Crippen LogP contribution in [0.2, 0.25) is 0 Å². The van der Waals surface area contributed by atoms with Crippen LogP contribution in [0.25, 0.3) is 22.2 Å². The van der Waals surface area contributed by atoms with Crippen LogP contribution in [-0.4, -0.2) is 15.0 Å². The van der Waals surface area contributed by atoms with Crippen LogP contribution in [0, 0.1) is 5.82 Å². The number of aromatic nitrogens is 3. The molecule has 0 amide bonds. The molecule has 0 aliphatic rings. The van der Waals surface area contributed by atoms with Gasteiger partial charge in [-0.2, -0.15) is 0 Å². The van der Waals surface area contributed by atoms with Crippen molar-refractivity contribution < 1.29 is 4.39 Å². The molecule has 5 heteroatoms. The minimum atomic E-state index is -0.269. The molecule has 0 unspecified atom stereocenters. The molecule has 0 bridgehead atoms. The zero-order valence-corrected chi connectivity index (χ0v) is 12.1. The number of hydrogen-bond donors (Lipinski definition) is 2. The number of aromatic amines is 1. The van der Waals surface area contributed by atoms with Crippen LogP contribution in [0.15, 0.2) is 67.0 Å². The topological polar surface area (TPSA) is 53.6 Å². The lowest BCUT2D eigenvalue weighted by atomic mass is 10.1. The molecule has 23 heavy (non-hydrogen) atoms. The highest BCUT2D eigenvalue weighted by molar-refractivity contribution is 5.95. The Morgan fingerprint density at radius 2 is 1.83 bits per heavy atom. The van der Waals surface area contributed by atoms with E-state index in [2.05, 4.69) is 20.3 Å². The third-order valence-corrected chi connectivity index (χ3v) is 3.62. The molecule has 2 N–H and O–H groups in total.